The number of rotatable bonds is 7. The number of hydrogen-bond donors (Lipinski definition) is 2. The highest BCUT2D eigenvalue weighted by Crippen LogP contribution is 2.36. The summed E-state index contributed by atoms with van der Waals surface area (Å²) in [5.74, 6) is 1.32. The molecule has 0 spiro atoms. The van der Waals surface area contributed by atoms with Gasteiger partial charge in [0.25, 0.3) is 5.91 Å². The highest BCUT2D eigenvalue weighted by Gasteiger charge is 2.31. The summed E-state index contributed by atoms with van der Waals surface area (Å²) in [5, 5.41) is 6.21. The van der Waals surface area contributed by atoms with E-state index < -0.39 is 0 Å². The third-order valence-electron chi connectivity index (χ3n) is 7.66. The second-order valence-corrected chi connectivity index (χ2v) is 10.1. The van der Waals surface area contributed by atoms with Crippen LogP contribution in [0.3, 0.4) is 0 Å². The molecule has 3 aliphatic rings. The molecule has 3 heterocycles. The quantitative estimate of drug-likeness (QED) is 0.595. The predicted octanol–water partition coefficient (Wildman–Crippen LogP) is 3.00. The Hall–Kier alpha value is -3.69. The first-order valence-corrected chi connectivity index (χ1v) is 13.2. The first-order chi connectivity index (χ1) is 17.9. The molecule has 1 saturated heterocycles. The number of benzene rings is 1. The van der Waals surface area contributed by atoms with E-state index in [1.807, 2.05) is 19.1 Å². The van der Waals surface area contributed by atoms with Crippen molar-refractivity contribution in [1.29, 1.82) is 0 Å². The Kier molecular flexibility index (Phi) is 7.25. The average molecular weight is 506 g/mol. The molecule has 1 aromatic heterocycles. The van der Waals surface area contributed by atoms with E-state index in [2.05, 4.69) is 20.5 Å². The second kappa shape index (κ2) is 10.7. The number of hydrogen-bond acceptors (Lipinski definition) is 7. The van der Waals surface area contributed by atoms with Gasteiger partial charge in [-0.1, -0.05) is 12.8 Å². The maximum Gasteiger partial charge on any atom is 0.251 e. The third kappa shape index (κ3) is 5.38. The fourth-order valence-corrected chi connectivity index (χ4v) is 5.48. The molecule has 0 bridgehead atoms. The lowest BCUT2D eigenvalue weighted by Gasteiger charge is -2.30. The minimum absolute atomic E-state index is 0.0720. The molecular formula is C27H35N7O3. The standard InChI is InChI=1S/C27H35N7O3/c1-18-16-19(26(37)28-12-15-33-13-5-8-24(33)36)9-10-21(18)30-27-29-17-22-25(31-27)34(20-6-3-4-7-20)14-11-23(35)32(22)2/h9-10,16-17,20H,3-8,11-15H2,1-2H3,(H,28,37)(H,29,30,31). The van der Waals surface area contributed by atoms with E-state index in [9.17, 15) is 14.4 Å². The molecule has 0 radical (unpaired) electrons. The van der Waals surface area contributed by atoms with Gasteiger partial charge in [-0.25, -0.2) is 4.98 Å². The van der Waals surface area contributed by atoms with Crippen LogP contribution in [0.4, 0.5) is 23.1 Å². The van der Waals surface area contributed by atoms with Crippen LogP contribution in [0.2, 0.25) is 0 Å². The van der Waals surface area contributed by atoms with E-state index in [0.29, 0.717) is 50.0 Å². The molecule has 0 atom stereocenters. The molecule has 2 aromatic rings. The monoisotopic (exact) mass is 505 g/mol. The molecule has 1 aliphatic carbocycles. The zero-order valence-corrected chi connectivity index (χ0v) is 21.6. The lowest BCUT2D eigenvalue weighted by molar-refractivity contribution is -0.127. The Morgan fingerprint density at radius 3 is 2.62 bits per heavy atom. The van der Waals surface area contributed by atoms with E-state index in [4.69, 9.17) is 4.98 Å². The van der Waals surface area contributed by atoms with Crippen LogP contribution in [0.15, 0.2) is 24.4 Å². The van der Waals surface area contributed by atoms with E-state index in [1.54, 1.807) is 29.1 Å². The van der Waals surface area contributed by atoms with Crippen molar-refractivity contribution in [3.05, 3.63) is 35.5 Å². The van der Waals surface area contributed by atoms with Gasteiger partial charge in [0.1, 0.15) is 5.69 Å². The molecule has 5 rings (SSSR count). The number of carbonyl (C=O) groups is 3. The minimum Gasteiger partial charge on any atom is -0.351 e. The van der Waals surface area contributed by atoms with Gasteiger partial charge >= 0.3 is 0 Å². The maximum atomic E-state index is 12.6. The van der Waals surface area contributed by atoms with E-state index in [0.717, 1.165) is 48.6 Å². The number of fused-ring (bicyclic) bond motifs is 1. The van der Waals surface area contributed by atoms with Gasteiger partial charge in [0.2, 0.25) is 17.8 Å². The van der Waals surface area contributed by atoms with Crippen molar-refractivity contribution >= 4 is 40.9 Å². The lowest BCUT2D eigenvalue weighted by Crippen LogP contribution is -2.35. The number of likely N-dealkylation sites (tertiary alicyclic amines) is 1. The molecule has 3 amide bonds. The lowest BCUT2D eigenvalue weighted by atomic mass is 10.1. The topological polar surface area (TPSA) is 111 Å². The molecule has 2 N–H and O–H groups in total. The van der Waals surface area contributed by atoms with Crippen LogP contribution in [-0.4, -0.2) is 71.9 Å². The highest BCUT2D eigenvalue weighted by atomic mass is 16.2. The fourth-order valence-electron chi connectivity index (χ4n) is 5.48. The van der Waals surface area contributed by atoms with E-state index in [-0.39, 0.29) is 17.7 Å². The van der Waals surface area contributed by atoms with E-state index >= 15 is 0 Å². The normalized spacial score (nSPS) is 18.3. The van der Waals surface area contributed by atoms with Gasteiger partial charge < -0.3 is 25.3 Å². The van der Waals surface area contributed by atoms with Crippen molar-refractivity contribution in [2.24, 2.45) is 0 Å². The van der Waals surface area contributed by atoms with Gasteiger partial charge in [0.05, 0.1) is 6.20 Å². The molecule has 2 aliphatic heterocycles. The second-order valence-electron chi connectivity index (χ2n) is 10.1. The third-order valence-corrected chi connectivity index (χ3v) is 7.66. The number of nitrogens with one attached hydrogen (secondary N) is 2. The number of amides is 3. The van der Waals surface area contributed by atoms with Crippen LogP contribution in [-0.2, 0) is 9.59 Å². The number of aromatic nitrogens is 2. The molecule has 37 heavy (non-hydrogen) atoms. The first kappa shape index (κ1) is 25.0. The molecule has 10 heteroatoms. The average Bonchev–Trinajstić information content (AvgIpc) is 3.55. The van der Waals surface area contributed by atoms with Gasteiger partial charge in [-0.05, 0) is 49.9 Å². The first-order valence-electron chi connectivity index (χ1n) is 13.2. The zero-order valence-electron chi connectivity index (χ0n) is 21.6. The summed E-state index contributed by atoms with van der Waals surface area (Å²) in [6.45, 7) is 4.33. The molecule has 0 unspecified atom stereocenters. The SMILES string of the molecule is Cc1cc(C(=O)NCCN2CCCC2=O)ccc1Nc1ncc2c(n1)N(C1CCCC1)CCC(=O)N2C. The number of carbonyl (C=O) groups excluding carboxylic acids is 3. The van der Waals surface area contributed by atoms with Crippen molar-refractivity contribution in [1.82, 2.24) is 20.2 Å². The molecule has 1 saturated carbocycles. The van der Waals surface area contributed by atoms with Crippen molar-refractivity contribution < 1.29 is 14.4 Å². The minimum atomic E-state index is -0.164. The Morgan fingerprint density at radius 1 is 1.08 bits per heavy atom. The van der Waals surface area contributed by atoms with Crippen LogP contribution < -0.4 is 20.4 Å². The summed E-state index contributed by atoms with van der Waals surface area (Å²) in [6.07, 6.45) is 8.30. The Labute approximate surface area is 217 Å². The van der Waals surface area contributed by atoms with E-state index in [1.165, 1.54) is 12.8 Å². The van der Waals surface area contributed by atoms with Gasteiger partial charge in [-0.3, -0.25) is 14.4 Å². The summed E-state index contributed by atoms with van der Waals surface area (Å²) < 4.78 is 0. The Balaban J connectivity index is 1.29. The maximum absolute atomic E-state index is 12.6. The van der Waals surface area contributed by atoms with Crippen molar-refractivity contribution in [3.8, 4) is 0 Å². The van der Waals surface area contributed by atoms with Gasteiger partial charge in [0.15, 0.2) is 5.82 Å². The molecule has 2 fully saturated rings. The smallest absolute Gasteiger partial charge is 0.251 e. The number of nitrogens with zero attached hydrogens (tertiary/aromatic N) is 5. The number of anilines is 4. The van der Waals surface area contributed by atoms with Crippen molar-refractivity contribution in [2.75, 3.05) is 48.3 Å². The summed E-state index contributed by atoms with van der Waals surface area (Å²) in [5.41, 5.74) is 3.00. The molecule has 10 nitrogen and oxygen atoms in total. The largest absolute Gasteiger partial charge is 0.351 e. The van der Waals surface area contributed by atoms with Crippen LogP contribution in [0.1, 0.15) is 60.9 Å². The van der Waals surface area contributed by atoms with Crippen molar-refractivity contribution in [2.45, 2.75) is 57.9 Å². The summed E-state index contributed by atoms with van der Waals surface area (Å²) >= 11 is 0. The van der Waals surface area contributed by atoms with Crippen LogP contribution >= 0.6 is 0 Å². The Morgan fingerprint density at radius 2 is 1.89 bits per heavy atom. The molecular weight excluding hydrogens is 470 g/mol. The van der Waals surface area contributed by atoms with Crippen LogP contribution in [0, 0.1) is 6.92 Å². The summed E-state index contributed by atoms with van der Waals surface area (Å²) in [7, 11) is 1.78. The summed E-state index contributed by atoms with van der Waals surface area (Å²) in [6, 6.07) is 5.85. The zero-order chi connectivity index (χ0) is 25.9. The predicted molar refractivity (Wildman–Crippen MR) is 142 cm³/mol. The fraction of sp³-hybridized carbons (Fsp3) is 0.519. The van der Waals surface area contributed by atoms with Crippen LogP contribution in [0.5, 0.6) is 0 Å². The van der Waals surface area contributed by atoms with Gasteiger partial charge in [-0.2, -0.15) is 4.98 Å². The molecule has 196 valence electrons. The molecule has 1 aromatic carbocycles. The summed E-state index contributed by atoms with van der Waals surface area (Å²) in [4.78, 5) is 52.0. The van der Waals surface area contributed by atoms with Crippen LogP contribution in [0.25, 0.3) is 0 Å². The number of aryl methyl sites for hydroxylation is 1. The van der Waals surface area contributed by atoms with Gasteiger partial charge in [0, 0.05) is 63.4 Å². The van der Waals surface area contributed by atoms with Gasteiger partial charge in [-0.15, -0.1) is 0 Å². The van der Waals surface area contributed by atoms with Crippen molar-refractivity contribution in [3.63, 3.8) is 0 Å². The Bertz CT molecular complexity index is 1190. The highest BCUT2D eigenvalue weighted by molar-refractivity contribution is 5.97.